The Morgan fingerprint density at radius 1 is 1.03 bits per heavy atom. The summed E-state index contributed by atoms with van der Waals surface area (Å²) >= 11 is 0. The van der Waals surface area contributed by atoms with E-state index in [4.69, 9.17) is 4.42 Å². The molecule has 4 rings (SSSR count). The first kappa shape index (κ1) is 22.6. The van der Waals surface area contributed by atoms with Gasteiger partial charge >= 0.3 is 5.97 Å². The lowest BCUT2D eigenvalue weighted by Crippen LogP contribution is -2.40. The third-order valence-corrected chi connectivity index (χ3v) is 7.60. The molecule has 1 aromatic heterocycles. The van der Waals surface area contributed by atoms with Crippen molar-refractivity contribution in [3.63, 3.8) is 0 Å². The Balaban J connectivity index is 1.38. The number of benzene rings is 2. The van der Waals surface area contributed by atoms with Crippen molar-refractivity contribution in [2.75, 3.05) is 0 Å². The molecule has 1 atom stereocenters. The van der Waals surface area contributed by atoms with Gasteiger partial charge in [-0.25, -0.2) is 8.42 Å². The number of aliphatic carboxylic acids is 1. The number of nitrogens with one attached hydrogen (secondary N) is 1. The summed E-state index contributed by atoms with van der Waals surface area (Å²) in [6.45, 7) is 0. The highest BCUT2D eigenvalue weighted by atomic mass is 32.2. The van der Waals surface area contributed by atoms with Crippen LogP contribution in [0.15, 0.2) is 57.8 Å². The van der Waals surface area contributed by atoms with Gasteiger partial charge in [-0.3, -0.25) is 4.79 Å². The Kier molecular flexibility index (Phi) is 6.96. The number of hydrogen-bond acceptors (Lipinski definition) is 4. The SMILES string of the molecule is O=C(O)C(CCCCCc1ccccc1)NS(=O)(=O)c1ccc2c3c(oc2c1)CCCC3. The summed E-state index contributed by atoms with van der Waals surface area (Å²) in [4.78, 5) is 11.7. The quantitative estimate of drug-likeness (QED) is 0.426. The van der Waals surface area contributed by atoms with Gasteiger partial charge in [-0.1, -0.05) is 43.2 Å². The first-order valence-corrected chi connectivity index (χ1v) is 12.8. The van der Waals surface area contributed by atoms with Crippen LogP contribution in [0.25, 0.3) is 11.0 Å². The molecule has 2 aromatic carbocycles. The number of carboxylic acids is 1. The predicted molar refractivity (Wildman–Crippen MR) is 123 cm³/mol. The van der Waals surface area contributed by atoms with Gasteiger partial charge < -0.3 is 9.52 Å². The van der Waals surface area contributed by atoms with E-state index in [9.17, 15) is 18.3 Å². The number of aryl methyl sites for hydroxylation is 3. The number of rotatable bonds is 10. The lowest BCUT2D eigenvalue weighted by molar-refractivity contribution is -0.139. The Morgan fingerprint density at radius 3 is 2.59 bits per heavy atom. The van der Waals surface area contributed by atoms with Gasteiger partial charge in [-0.05, 0) is 56.2 Å². The van der Waals surface area contributed by atoms with E-state index >= 15 is 0 Å². The third kappa shape index (κ3) is 5.22. The summed E-state index contributed by atoms with van der Waals surface area (Å²) in [6.07, 6.45) is 7.58. The minimum absolute atomic E-state index is 0.0337. The van der Waals surface area contributed by atoms with Crippen molar-refractivity contribution in [3.05, 3.63) is 65.4 Å². The van der Waals surface area contributed by atoms with Crippen LogP contribution in [0.2, 0.25) is 0 Å². The highest BCUT2D eigenvalue weighted by Gasteiger charge is 2.26. The average Bonchev–Trinajstić information content (AvgIpc) is 3.16. The zero-order valence-electron chi connectivity index (χ0n) is 18.0. The summed E-state index contributed by atoms with van der Waals surface area (Å²) in [5.74, 6) is -0.223. The van der Waals surface area contributed by atoms with E-state index in [1.165, 1.54) is 23.3 Å². The van der Waals surface area contributed by atoms with Crippen molar-refractivity contribution >= 4 is 27.0 Å². The van der Waals surface area contributed by atoms with Crippen LogP contribution in [0.3, 0.4) is 0 Å². The van der Waals surface area contributed by atoms with Crippen LogP contribution in [-0.2, 0) is 34.1 Å². The fourth-order valence-electron chi connectivity index (χ4n) is 4.40. The lowest BCUT2D eigenvalue weighted by atomic mass is 9.96. The molecule has 3 aromatic rings. The van der Waals surface area contributed by atoms with E-state index in [0.29, 0.717) is 12.0 Å². The van der Waals surface area contributed by atoms with E-state index in [2.05, 4.69) is 16.9 Å². The van der Waals surface area contributed by atoms with Crippen molar-refractivity contribution in [1.82, 2.24) is 4.72 Å². The molecule has 1 heterocycles. The second kappa shape index (κ2) is 9.88. The zero-order valence-corrected chi connectivity index (χ0v) is 18.9. The van der Waals surface area contributed by atoms with Crippen LogP contribution < -0.4 is 4.72 Å². The van der Waals surface area contributed by atoms with E-state index in [0.717, 1.165) is 56.1 Å². The molecule has 1 unspecified atom stereocenters. The van der Waals surface area contributed by atoms with Gasteiger partial charge in [0.1, 0.15) is 17.4 Å². The van der Waals surface area contributed by atoms with Crippen LogP contribution in [0.4, 0.5) is 0 Å². The maximum absolute atomic E-state index is 12.9. The molecule has 170 valence electrons. The molecule has 0 amide bonds. The summed E-state index contributed by atoms with van der Waals surface area (Å²) in [5, 5.41) is 10.5. The molecule has 0 radical (unpaired) electrons. The maximum Gasteiger partial charge on any atom is 0.321 e. The predicted octanol–water partition coefficient (Wildman–Crippen LogP) is 4.85. The Bertz CT molecular complexity index is 1180. The third-order valence-electron chi connectivity index (χ3n) is 6.14. The number of carboxylic acid groups (broad SMARTS) is 1. The first-order chi connectivity index (χ1) is 15.4. The van der Waals surface area contributed by atoms with Crippen LogP contribution >= 0.6 is 0 Å². The van der Waals surface area contributed by atoms with E-state index < -0.39 is 22.0 Å². The summed E-state index contributed by atoms with van der Waals surface area (Å²) < 4.78 is 34.1. The van der Waals surface area contributed by atoms with Crippen molar-refractivity contribution in [3.8, 4) is 0 Å². The number of unbranched alkanes of at least 4 members (excludes halogenated alkanes) is 2. The lowest BCUT2D eigenvalue weighted by Gasteiger charge is -2.15. The first-order valence-electron chi connectivity index (χ1n) is 11.3. The van der Waals surface area contributed by atoms with Crippen molar-refractivity contribution in [2.24, 2.45) is 0 Å². The molecule has 32 heavy (non-hydrogen) atoms. The number of hydrogen-bond donors (Lipinski definition) is 2. The highest BCUT2D eigenvalue weighted by molar-refractivity contribution is 7.89. The van der Waals surface area contributed by atoms with Crippen molar-refractivity contribution in [1.29, 1.82) is 0 Å². The monoisotopic (exact) mass is 455 g/mol. The van der Waals surface area contributed by atoms with Gasteiger partial charge in [-0.15, -0.1) is 0 Å². The number of carbonyl (C=O) groups is 1. The zero-order chi connectivity index (χ0) is 22.6. The second-order valence-electron chi connectivity index (χ2n) is 8.47. The largest absolute Gasteiger partial charge is 0.480 e. The topological polar surface area (TPSA) is 96.6 Å². The van der Waals surface area contributed by atoms with Gasteiger partial charge in [0, 0.05) is 23.4 Å². The molecule has 0 bridgehead atoms. The standard InChI is InChI=1S/C25H29NO5S/c27-25(28)22(13-6-2-5-11-18-9-3-1-4-10-18)26-32(29,30)19-15-16-21-20-12-7-8-14-23(20)31-24(21)17-19/h1,3-4,9-10,15-17,22,26H,2,5-8,11-14H2,(H,27,28). The maximum atomic E-state index is 12.9. The molecule has 7 heteroatoms. The molecule has 0 saturated carbocycles. The molecule has 0 spiro atoms. The van der Waals surface area contributed by atoms with Gasteiger partial charge in [0.05, 0.1) is 4.90 Å². The minimum atomic E-state index is -3.97. The van der Waals surface area contributed by atoms with E-state index in [-0.39, 0.29) is 11.3 Å². The van der Waals surface area contributed by atoms with Crippen LogP contribution in [0.1, 0.15) is 55.4 Å². The molecule has 0 fully saturated rings. The molecule has 2 N–H and O–H groups in total. The Morgan fingerprint density at radius 2 is 1.81 bits per heavy atom. The number of fused-ring (bicyclic) bond motifs is 3. The van der Waals surface area contributed by atoms with Gasteiger partial charge in [0.25, 0.3) is 0 Å². The van der Waals surface area contributed by atoms with Crippen LogP contribution in [0.5, 0.6) is 0 Å². The molecule has 0 aliphatic heterocycles. The van der Waals surface area contributed by atoms with Crippen molar-refractivity contribution in [2.45, 2.75) is 68.7 Å². The van der Waals surface area contributed by atoms with Gasteiger partial charge in [0.15, 0.2) is 0 Å². The molecule has 1 aliphatic rings. The Hall–Kier alpha value is -2.64. The fourth-order valence-corrected chi connectivity index (χ4v) is 5.64. The van der Waals surface area contributed by atoms with Gasteiger partial charge in [0.2, 0.25) is 10.0 Å². The molecular weight excluding hydrogens is 426 g/mol. The van der Waals surface area contributed by atoms with E-state index in [1.807, 2.05) is 18.2 Å². The highest BCUT2D eigenvalue weighted by Crippen LogP contribution is 2.33. The number of sulfonamides is 1. The summed E-state index contributed by atoms with van der Waals surface area (Å²) in [7, 11) is -3.97. The Labute approximate surface area is 188 Å². The fraction of sp³-hybridized carbons (Fsp3) is 0.400. The molecule has 1 aliphatic carbocycles. The van der Waals surface area contributed by atoms with E-state index in [1.54, 1.807) is 6.07 Å². The molecule has 0 saturated heterocycles. The minimum Gasteiger partial charge on any atom is -0.480 e. The molecule has 6 nitrogen and oxygen atoms in total. The van der Waals surface area contributed by atoms with Crippen molar-refractivity contribution < 1.29 is 22.7 Å². The van der Waals surface area contributed by atoms with Gasteiger partial charge in [-0.2, -0.15) is 4.72 Å². The average molecular weight is 456 g/mol. The number of furan rings is 1. The normalized spacial score (nSPS) is 14.9. The second-order valence-corrected chi connectivity index (χ2v) is 10.2. The van der Waals surface area contributed by atoms with Crippen LogP contribution in [-0.4, -0.2) is 25.5 Å². The molecular formula is C25H29NO5S. The smallest absolute Gasteiger partial charge is 0.321 e. The summed E-state index contributed by atoms with van der Waals surface area (Å²) in [5.41, 5.74) is 2.97. The summed E-state index contributed by atoms with van der Waals surface area (Å²) in [6, 6.07) is 13.8. The van der Waals surface area contributed by atoms with Crippen LogP contribution in [0, 0.1) is 0 Å².